The first-order valence-electron chi connectivity index (χ1n) is 11.1. The Hall–Kier alpha value is -1.71. The maximum absolute atomic E-state index is 14.1. The molecule has 1 atom stereocenters. The highest BCUT2D eigenvalue weighted by Gasteiger charge is 2.39. The summed E-state index contributed by atoms with van der Waals surface area (Å²) in [5.74, 6) is 0.280. The summed E-state index contributed by atoms with van der Waals surface area (Å²) in [7, 11) is -4.77. The largest absolute Gasteiger partial charge is 0.490 e. The van der Waals surface area contributed by atoms with Gasteiger partial charge in [0.05, 0.1) is 29.5 Å². The predicted molar refractivity (Wildman–Crippen MR) is 122 cm³/mol. The summed E-state index contributed by atoms with van der Waals surface area (Å²) >= 11 is 0. The number of alkyl halides is 3. The zero-order valence-electron chi connectivity index (χ0n) is 19.7. The molecule has 0 radical (unpaired) electrons. The van der Waals surface area contributed by atoms with Crippen LogP contribution in [-0.4, -0.2) is 27.5 Å². The lowest BCUT2D eigenvalue weighted by molar-refractivity contribution is -0.138. The molecule has 1 saturated carbocycles. The first-order valence-corrected chi connectivity index (χ1v) is 12.7. The Bertz CT molecular complexity index is 1070. The van der Waals surface area contributed by atoms with E-state index in [2.05, 4.69) is 30.3 Å². The number of aromatic nitrogens is 1. The zero-order valence-corrected chi connectivity index (χ0v) is 20.6. The molecule has 7 nitrogen and oxygen atoms in total. The van der Waals surface area contributed by atoms with Crippen molar-refractivity contribution in [2.75, 3.05) is 6.61 Å². The molecule has 0 amide bonds. The van der Waals surface area contributed by atoms with Crippen LogP contribution in [-0.2, 0) is 20.8 Å². The van der Waals surface area contributed by atoms with Crippen LogP contribution < -0.4 is 10.5 Å². The van der Waals surface area contributed by atoms with Gasteiger partial charge in [-0.25, -0.2) is 4.57 Å². The molecule has 1 unspecified atom stereocenters. The summed E-state index contributed by atoms with van der Waals surface area (Å²) in [5.41, 5.74) is 4.08. The molecule has 2 aromatic rings. The van der Waals surface area contributed by atoms with Gasteiger partial charge in [0.2, 0.25) is 0 Å². The van der Waals surface area contributed by atoms with E-state index in [1.165, 1.54) is 31.2 Å². The summed E-state index contributed by atoms with van der Waals surface area (Å²) in [5, 5.41) is -0.135. The SMILES string of the molecule is CC(N)(COP(=O)(O)O)c1ccc2c(C(F)(F)F)c(O[C@H]3CC[C@H](C(C)(C)C)CC3)ccc2n1. The number of nitrogens with two attached hydrogens (primary N) is 1. The third-order valence-corrected chi connectivity index (χ3v) is 6.89. The lowest BCUT2D eigenvalue weighted by Crippen LogP contribution is -2.38. The number of hydrogen-bond acceptors (Lipinski definition) is 5. The number of halogens is 3. The molecular formula is C23H32F3N2O5P. The van der Waals surface area contributed by atoms with Crippen LogP contribution in [0.4, 0.5) is 13.2 Å². The fraction of sp³-hybridized carbons (Fsp3) is 0.609. The molecule has 4 N–H and O–H groups in total. The Morgan fingerprint density at radius 1 is 1.06 bits per heavy atom. The highest BCUT2D eigenvalue weighted by Crippen LogP contribution is 2.44. The standard InChI is InChI=1S/C23H32F3N2O5P/c1-21(2,3)14-5-7-15(8-6-14)33-18-11-10-17-16(20(18)23(24,25)26)9-12-19(28-17)22(4,27)13-32-34(29,30)31/h9-12,14-15H,5-8,13,27H2,1-4H3,(H2,29,30,31)/t14-,15-,22?. The lowest BCUT2D eigenvalue weighted by Gasteiger charge is -2.37. The molecule has 34 heavy (non-hydrogen) atoms. The van der Waals surface area contributed by atoms with E-state index in [1.54, 1.807) is 0 Å². The van der Waals surface area contributed by atoms with Crippen molar-refractivity contribution in [2.24, 2.45) is 17.1 Å². The van der Waals surface area contributed by atoms with Gasteiger partial charge in [0.15, 0.2) is 0 Å². The van der Waals surface area contributed by atoms with Gasteiger partial charge >= 0.3 is 14.0 Å². The van der Waals surface area contributed by atoms with E-state index in [0.717, 1.165) is 12.8 Å². The van der Waals surface area contributed by atoms with Crippen LogP contribution in [0.25, 0.3) is 10.9 Å². The summed E-state index contributed by atoms with van der Waals surface area (Å²) in [6.45, 7) is 7.38. The predicted octanol–water partition coefficient (Wildman–Crippen LogP) is 5.52. The summed E-state index contributed by atoms with van der Waals surface area (Å²) in [4.78, 5) is 22.1. The van der Waals surface area contributed by atoms with Crippen molar-refractivity contribution in [3.8, 4) is 5.75 Å². The van der Waals surface area contributed by atoms with Gasteiger partial charge in [-0.2, -0.15) is 13.2 Å². The van der Waals surface area contributed by atoms with Crippen molar-refractivity contribution in [2.45, 2.75) is 71.2 Å². The van der Waals surface area contributed by atoms with Gasteiger partial charge in [-0.15, -0.1) is 0 Å². The van der Waals surface area contributed by atoms with Crippen molar-refractivity contribution in [3.05, 3.63) is 35.5 Å². The molecule has 11 heteroatoms. The number of pyridine rings is 1. The van der Waals surface area contributed by atoms with E-state index in [-0.39, 0.29) is 33.9 Å². The number of phosphoric acid groups is 1. The van der Waals surface area contributed by atoms with Gasteiger partial charge in [0.25, 0.3) is 0 Å². The number of rotatable bonds is 6. The Morgan fingerprint density at radius 3 is 2.21 bits per heavy atom. The number of hydrogen-bond donors (Lipinski definition) is 3. The normalized spacial score (nSPS) is 21.9. The lowest BCUT2D eigenvalue weighted by atomic mass is 9.72. The first kappa shape index (κ1) is 26.9. The second-order valence-corrected chi connectivity index (χ2v) is 11.6. The average Bonchev–Trinajstić information content (AvgIpc) is 2.70. The quantitative estimate of drug-likeness (QED) is 0.444. The third-order valence-electron chi connectivity index (χ3n) is 6.43. The van der Waals surface area contributed by atoms with Crippen LogP contribution in [0.1, 0.15) is 64.6 Å². The third kappa shape index (κ3) is 6.49. The van der Waals surface area contributed by atoms with Crippen LogP contribution in [0, 0.1) is 11.3 Å². The molecular weight excluding hydrogens is 472 g/mol. The Morgan fingerprint density at radius 2 is 1.68 bits per heavy atom. The molecule has 3 rings (SSSR count). The van der Waals surface area contributed by atoms with Crippen molar-refractivity contribution in [3.63, 3.8) is 0 Å². The average molecular weight is 504 g/mol. The van der Waals surface area contributed by atoms with Crippen LogP contribution in [0.15, 0.2) is 24.3 Å². The van der Waals surface area contributed by atoms with Crippen LogP contribution >= 0.6 is 7.82 Å². The molecule has 0 saturated heterocycles. The number of phosphoric ester groups is 1. The molecule has 0 bridgehead atoms. The number of nitrogens with zero attached hydrogens (tertiary/aromatic N) is 1. The first-order chi connectivity index (χ1) is 15.5. The monoisotopic (exact) mass is 504 g/mol. The van der Waals surface area contributed by atoms with Crippen LogP contribution in [0.2, 0.25) is 0 Å². The van der Waals surface area contributed by atoms with Crippen molar-refractivity contribution in [1.82, 2.24) is 4.98 Å². The van der Waals surface area contributed by atoms with Gasteiger partial charge < -0.3 is 20.3 Å². The maximum atomic E-state index is 14.1. The maximum Gasteiger partial charge on any atom is 0.469 e. The van der Waals surface area contributed by atoms with Gasteiger partial charge in [-0.05, 0) is 62.1 Å². The minimum atomic E-state index is -4.77. The minimum Gasteiger partial charge on any atom is -0.490 e. The van der Waals surface area contributed by atoms with Gasteiger partial charge in [0.1, 0.15) is 11.3 Å². The van der Waals surface area contributed by atoms with E-state index < -0.39 is 31.7 Å². The van der Waals surface area contributed by atoms with Gasteiger partial charge in [-0.3, -0.25) is 9.51 Å². The molecule has 1 aromatic heterocycles. The van der Waals surface area contributed by atoms with E-state index in [4.69, 9.17) is 20.3 Å². The second-order valence-electron chi connectivity index (χ2n) is 10.3. The smallest absolute Gasteiger partial charge is 0.469 e. The Kier molecular flexibility index (Phi) is 7.43. The molecule has 0 aliphatic heterocycles. The van der Waals surface area contributed by atoms with E-state index in [1.807, 2.05) is 0 Å². The van der Waals surface area contributed by atoms with E-state index >= 15 is 0 Å². The van der Waals surface area contributed by atoms with Gasteiger partial charge in [-0.1, -0.05) is 26.8 Å². The molecule has 1 aliphatic carbocycles. The van der Waals surface area contributed by atoms with Crippen molar-refractivity contribution >= 4 is 18.7 Å². The molecule has 1 heterocycles. The highest BCUT2D eigenvalue weighted by molar-refractivity contribution is 7.46. The summed E-state index contributed by atoms with van der Waals surface area (Å²) in [6.07, 6.45) is -1.77. The summed E-state index contributed by atoms with van der Waals surface area (Å²) < 4.78 is 63.6. The molecule has 1 aromatic carbocycles. The molecule has 1 fully saturated rings. The van der Waals surface area contributed by atoms with Crippen molar-refractivity contribution < 1.29 is 36.8 Å². The molecule has 0 spiro atoms. The van der Waals surface area contributed by atoms with Crippen molar-refractivity contribution in [1.29, 1.82) is 0 Å². The highest BCUT2D eigenvalue weighted by atomic mass is 31.2. The van der Waals surface area contributed by atoms with Crippen LogP contribution in [0.3, 0.4) is 0 Å². The summed E-state index contributed by atoms with van der Waals surface area (Å²) in [6, 6.07) is 5.27. The molecule has 1 aliphatic rings. The van der Waals surface area contributed by atoms with E-state index in [0.29, 0.717) is 18.8 Å². The fourth-order valence-corrected chi connectivity index (χ4v) is 4.85. The number of benzene rings is 1. The van der Waals surface area contributed by atoms with E-state index in [9.17, 15) is 17.7 Å². The topological polar surface area (TPSA) is 115 Å². The van der Waals surface area contributed by atoms with Gasteiger partial charge in [0, 0.05) is 5.39 Å². The molecule has 190 valence electrons. The second kappa shape index (κ2) is 9.39. The minimum absolute atomic E-state index is 0.0430. The number of ether oxygens (including phenoxy) is 1. The van der Waals surface area contributed by atoms with Crippen LogP contribution in [0.5, 0.6) is 5.75 Å². The Balaban J connectivity index is 1.90. The number of fused-ring (bicyclic) bond motifs is 1. The Labute approximate surface area is 197 Å². The zero-order chi connectivity index (χ0) is 25.5. The fourth-order valence-electron chi connectivity index (χ4n) is 4.41.